The van der Waals surface area contributed by atoms with Crippen molar-refractivity contribution in [2.75, 3.05) is 7.11 Å². The van der Waals surface area contributed by atoms with E-state index in [4.69, 9.17) is 46.4 Å². The van der Waals surface area contributed by atoms with Crippen LogP contribution in [0, 0.1) is 0 Å². The van der Waals surface area contributed by atoms with Gasteiger partial charge in [-0.05, 0) is 0 Å². The minimum absolute atomic E-state index is 0.753. The third-order valence-corrected chi connectivity index (χ3v) is 2.14. The Morgan fingerprint density at radius 2 is 2.00 bits per heavy atom. The average molecular weight is 241 g/mol. The van der Waals surface area contributed by atoms with Gasteiger partial charge in [-0.2, -0.15) is 0 Å². The van der Waals surface area contributed by atoms with Crippen molar-refractivity contribution in [2.45, 2.75) is 9.29 Å². The number of halogens is 4. The van der Waals surface area contributed by atoms with Crippen molar-refractivity contribution in [3.05, 3.63) is 0 Å². The van der Waals surface area contributed by atoms with Crippen LogP contribution in [0.1, 0.15) is 0 Å². The zero-order chi connectivity index (χ0) is 9.07. The summed E-state index contributed by atoms with van der Waals surface area (Å²) in [7, 11) is 1.18. The number of ether oxygens (including phenoxy) is 1. The molecule has 7 heteroatoms. The maximum absolute atomic E-state index is 10.5. The molecular formula is C4H5Cl4NO2. The van der Waals surface area contributed by atoms with E-state index in [2.05, 4.69) is 10.1 Å². The molecule has 0 rings (SSSR count). The summed E-state index contributed by atoms with van der Waals surface area (Å²) in [5, 5.41) is 2.08. The Morgan fingerprint density at radius 3 is 2.27 bits per heavy atom. The molecule has 0 aliphatic rings. The van der Waals surface area contributed by atoms with Crippen LogP contribution < -0.4 is 5.32 Å². The molecule has 0 unspecified atom stereocenters. The van der Waals surface area contributed by atoms with Crippen LogP contribution in [-0.4, -0.2) is 22.5 Å². The predicted octanol–water partition coefficient (Wildman–Crippen LogP) is 2.28. The van der Waals surface area contributed by atoms with Crippen LogP contribution >= 0.6 is 46.4 Å². The van der Waals surface area contributed by atoms with Gasteiger partial charge in [0.15, 0.2) is 5.50 Å². The molecule has 3 nitrogen and oxygen atoms in total. The number of hydrogen-bond donors (Lipinski definition) is 1. The predicted molar refractivity (Wildman–Crippen MR) is 45.5 cm³/mol. The summed E-state index contributed by atoms with van der Waals surface area (Å²) in [4.78, 5) is 10.5. The maximum Gasteiger partial charge on any atom is 0.408 e. The fourth-order valence-corrected chi connectivity index (χ4v) is 0.497. The highest BCUT2D eigenvalue weighted by Crippen LogP contribution is 2.32. The Bertz CT molecular complexity index is 146. The highest BCUT2D eigenvalue weighted by atomic mass is 35.6. The SMILES string of the molecule is COC(=O)N[C@@H](Cl)C(Cl)(Cl)Cl. The molecule has 0 radical (unpaired) electrons. The Labute approximate surface area is 83.9 Å². The zero-order valence-corrected chi connectivity index (χ0v) is 8.43. The smallest absolute Gasteiger partial charge is 0.408 e. The number of carbonyl (C=O) groups is 1. The second kappa shape index (κ2) is 4.45. The molecule has 0 aliphatic heterocycles. The molecule has 0 aliphatic carbocycles. The highest BCUT2D eigenvalue weighted by Gasteiger charge is 2.32. The Balaban J connectivity index is 3.87. The molecule has 1 N–H and O–H groups in total. The van der Waals surface area contributed by atoms with E-state index < -0.39 is 15.4 Å². The molecule has 0 spiro atoms. The molecule has 0 aromatic heterocycles. The van der Waals surface area contributed by atoms with Crippen molar-refractivity contribution >= 4 is 52.5 Å². The number of alkyl carbamates (subject to hydrolysis) is 1. The summed E-state index contributed by atoms with van der Waals surface area (Å²) >= 11 is 21.4. The summed E-state index contributed by atoms with van der Waals surface area (Å²) in [6, 6.07) is 0. The number of alkyl halides is 4. The van der Waals surface area contributed by atoms with Gasteiger partial charge in [-0.3, -0.25) is 0 Å². The molecule has 1 atom stereocenters. The molecule has 0 heterocycles. The monoisotopic (exact) mass is 239 g/mol. The van der Waals surface area contributed by atoms with Crippen molar-refractivity contribution in [3.8, 4) is 0 Å². The van der Waals surface area contributed by atoms with Crippen molar-refractivity contribution in [2.24, 2.45) is 0 Å². The van der Waals surface area contributed by atoms with Gasteiger partial charge in [0.1, 0.15) is 0 Å². The third-order valence-electron chi connectivity index (χ3n) is 0.717. The van der Waals surface area contributed by atoms with Gasteiger partial charge in [0.25, 0.3) is 0 Å². The summed E-state index contributed by atoms with van der Waals surface area (Å²) in [6.07, 6.45) is -0.753. The van der Waals surface area contributed by atoms with Gasteiger partial charge in [-0.15, -0.1) is 0 Å². The van der Waals surface area contributed by atoms with Gasteiger partial charge < -0.3 is 10.1 Å². The molecule has 11 heavy (non-hydrogen) atoms. The summed E-state index contributed by atoms with van der Waals surface area (Å²) < 4.78 is 2.47. The number of nitrogens with one attached hydrogen (secondary N) is 1. The quantitative estimate of drug-likeness (QED) is 0.564. The summed E-state index contributed by atoms with van der Waals surface area (Å²) in [5.41, 5.74) is -1.11. The van der Waals surface area contributed by atoms with E-state index in [0.717, 1.165) is 0 Å². The maximum atomic E-state index is 10.5. The van der Waals surface area contributed by atoms with E-state index in [1.54, 1.807) is 0 Å². The standard InChI is InChI=1S/C4H5Cl4NO2/c1-11-3(10)9-2(5)4(6,7)8/h2H,1H3,(H,9,10)/t2-/m1/s1. The number of amides is 1. The van der Waals surface area contributed by atoms with Crippen molar-refractivity contribution in [1.82, 2.24) is 5.32 Å². The lowest BCUT2D eigenvalue weighted by molar-refractivity contribution is 0.170. The van der Waals surface area contributed by atoms with Crippen LogP contribution in [0.2, 0.25) is 0 Å². The first-order chi connectivity index (χ1) is 4.88. The van der Waals surface area contributed by atoms with Crippen LogP contribution in [0.3, 0.4) is 0 Å². The molecule has 1 amide bonds. The number of methoxy groups -OCH3 is 1. The second-order valence-corrected chi connectivity index (χ2v) is 4.35. The van der Waals surface area contributed by atoms with Gasteiger partial charge >= 0.3 is 6.09 Å². The number of rotatable bonds is 1. The lowest BCUT2D eigenvalue weighted by Crippen LogP contribution is -2.39. The summed E-state index contributed by atoms with van der Waals surface area (Å²) in [5.74, 6) is 0. The molecule has 66 valence electrons. The van der Waals surface area contributed by atoms with Gasteiger partial charge in [0, 0.05) is 0 Å². The van der Waals surface area contributed by atoms with Crippen molar-refractivity contribution < 1.29 is 9.53 Å². The van der Waals surface area contributed by atoms with Crippen molar-refractivity contribution in [1.29, 1.82) is 0 Å². The van der Waals surface area contributed by atoms with Crippen LogP contribution in [0.5, 0.6) is 0 Å². The molecule has 0 saturated heterocycles. The zero-order valence-electron chi connectivity index (χ0n) is 5.41. The van der Waals surface area contributed by atoms with Gasteiger partial charge in [0.2, 0.25) is 3.79 Å². The highest BCUT2D eigenvalue weighted by molar-refractivity contribution is 6.70. The average Bonchev–Trinajstić information content (AvgIpc) is 1.85. The third kappa shape index (κ3) is 4.80. The minimum Gasteiger partial charge on any atom is -0.453 e. The fourth-order valence-electron chi connectivity index (χ4n) is 0.244. The van der Waals surface area contributed by atoms with Crippen LogP contribution in [0.4, 0.5) is 4.79 Å². The van der Waals surface area contributed by atoms with E-state index in [1.807, 2.05) is 0 Å². The largest absolute Gasteiger partial charge is 0.453 e. The van der Waals surface area contributed by atoms with Crippen LogP contribution in [0.25, 0.3) is 0 Å². The van der Waals surface area contributed by atoms with Gasteiger partial charge in [0.05, 0.1) is 7.11 Å². The van der Waals surface area contributed by atoms with E-state index in [9.17, 15) is 4.79 Å². The van der Waals surface area contributed by atoms with Gasteiger partial charge in [-0.1, -0.05) is 46.4 Å². The molecule has 0 aromatic rings. The van der Waals surface area contributed by atoms with E-state index in [-0.39, 0.29) is 0 Å². The first kappa shape index (κ1) is 11.4. The number of hydrogen-bond acceptors (Lipinski definition) is 2. The molecular weight excluding hydrogens is 236 g/mol. The van der Waals surface area contributed by atoms with Crippen LogP contribution in [-0.2, 0) is 4.74 Å². The topological polar surface area (TPSA) is 38.3 Å². The normalized spacial score (nSPS) is 13.9. The van der Waals surface area contributed by atoms with E-state index in [1.165, 1.54) is 7.11 Å². The van der Waals surface area contributed by atoms with E-state index >= 15 is 0 Å². The lowest BCUT2D eigenvalue weighted by atomic mass is 10.7. The van der Waals surface area contributed by atoms with E-state index in [0.29, 0.717) is 0 Å². The molecule has 0 fully saturated rings. The molecule has 0 bridgehead atoms. The van der Waals surface area contributed by atoms with Gasteiger partial charge in [-0.25, -0.2) is 4.79 Å². The fraction of sp³-hybridized carbons (Fsp3) is 0.750. The first-order valence-electron chi connectivity index (χ1n) is 2.43. The second-order valence-electron chi connectivity index (χ2n) is 1.54. The first-order valence-corrected chi connectivity index (χ1v) is 4.00. The Kier molecular flexibility index (Phi) is 4.63. The number of carbonyl (C=O) groups excluding carboxylic acids is 1. The molecule has 0 aromatic carbocycles. The molecule has 0 saturated carbocycles. The lowest BCUT2D eigenvalue weighted by Gasteiger charge is -2.17. The Hall–Kier alpha value is 0.430. The minimum atomic E-state index is -1.74. The van der Waals surface area contributed by atoms with Crippen LogP contribution in [0.15, 0.2) is 0 Å². The van der Waals surface area contributed by atoms with Crippen molar-refractivity contribution in [3.63, 3.8) is 0 Å². The summed E-state index contributed by atoms with van der Waals surface area (Å²) in [6.45, 7) is 0. The Morgan fingerprint density at radius 1 is 1.55 bits per heavy atom.